The first kappa shape index (κ1) is 18.7. The average molecular weight is 362 g/mol. The van der Waals surface area contributed by atoms with E-state index in [1.54, 1.807) is 7.11 Å². The standard InChI is InChI=1S/C22H26N4O/c1-4-26(5-2)21-15-20(23-16-17-11-13-19(27-3)14-12-17)24-22(25-21)18-9-7-6-8-10-18/h6-15H,4-5,16H2,1-3H3,(H,23,24,25). The summed E-state index contributed by atoms with van der Waals surface area (Å²) in [7, 11) is 1.67. The first-order chi connectivity index (χ1) is 13.2. The summed E-state index contributed by atoms with van der Waals surface area (Å²) in [5, 5.41) is 3.43. The Labute approximate surface area is 161 Å². The number of rotatable bonds is 8. The lowest BCUT2D eigenvalue weighted by molar-refractivity contribution is 0.414. The molecule has 1 aromatic heterocycles. The fraction of sp³-hybridized carbons (Fsp3) is 0.273. The molecule has 0 amide bonds. The Morgan fingerprint density at radius 1 is 0.926 bits per heavy atom. The van der Waals surface area contributed by atoms with Crippen LogP contribution in [-0.2, 0) is 6.54 Å². The first-order valence-corrected chi connectivity index (χ1v) is 9.29. The summed E-state index contributed by atoms with van der Waals surface area (Å²) in [6, 6.07) is 20.1. The smallest absolute Gasteiger partial charge is 0.163 e. The molecule has 0 aliphatic heterocycles. The van der Waals surface area contributed by atoms with Crippen molar-refractivity contribution in [3.05, 3.63) is 66.2 Å². The normalized spacial score (nSPS) is 10.5. The second kappa shape index (κ2) is 9.03. The molecule has 0 fully saturated rings. The van der Waals surface area contributed by atoms with Crippen LogP contribution in [0.15, 0.2) is 60.7 Å². The van der Waals surface area contributed by atoms with Crippen LogP contribution in [0.5, 0.6) is 5.75 Å². The Morgan fingerprint density at radius 3 is 2.26 bits per heavy atom. The van der Waals surface area contributed by atoms with E-state index >= 15 is 0 Å². The molecule has 0 bridgehead atoms. The van der Waals surface area contributed by atoms with Gasteiger partial charge in [0.05, 0.1) is 7.11 Å². The summed E-state index contributed by atoms with van der Waals surface area (Å²) in [6.07, 6.45) is 0. The summed E-state index contributed by atoms with van der Waals surface area (Å²) >= 11 is 0. The molecular weight excluding hydrogens is 336 g/mol. The third-order valence-corrected chi connectivity index (χ3v) is 4.46. The second-order valence-electron chi connectivity index (χ2n) is 6.17. The summed E-state index contributed by atoms with van der Waals surface area (Å²) in [4.78, 5) is 11.7. The van der Waals surface area contributed by atoms with Crippen LogP contribution >= 0.6 is 0 Å². The maximum absolute atomic E-state index is 5.22. The highest BCUT2D eigenvalue weighted by Gasteiger charge is 2.11. The van der Waals surface area contributed by atoms with Gasteiger partial charge in [0.15, 0.2) is 5.82 Å². The summed E-state index contributed by atoms with van der Waals surface area (Å²) < 4.78 is 5.22. The maximum atomic E-state index is 5.22. The molecule has 0 atom stereocenters. The summed E-state index contributed by atoms with van der Waals surface area (Å²) in [5.41, 5.74) is 2.18. The number of hydrogen-bond acceptors (Lipinski definition) is 5. The minimum Gasteiger partial charge on any atom is -0.497 e. The second-order valence-corrected chi connectivity index (χ2v) is 6.17. The van der Waals surface area contributed by atoms with Gasteiger partial charge < -0.3 is 15.0 Å². The van der Waals surface area contributed by atoms with Crippen molar-refractivity contribution in [1.82, 2.24) is 9.97 Å². The first-order valence-electron chi connectivity index (χ1n) is 9.29. The van der Waals surface area contributed by atoms with Crippen LogP contribution < -0.4 is 15.0 Å². The number of nitrogens with one attached hydrogen (secondary N) is 1. The Hall–Kier alpha value is -3.08. The minimum atomic E-state index is 0.687. The van der Waals surface area contributed by atoms with Crippen molar-refractivity contribution in [3.63, 3.8) is 0 Å². The van der Waals surface area contributed by atoms with Gasteiger partial charge in [-0.05, 0) is 31.5 Å². The van der Waals surface area contributed by atoms with Crippen LogP contribution in [0, 0.1) is 0 Å². The van der Waals surface area contributed by atoms with E-state index < -0.39 is 0 Å². The van der Waals surface area contributed by atoms with E-state index in [4.69, 9.17) is 14.7 Å². The van der Waals surface area contributed by atoms with Crippen LogP contribution in [0.1, 0.15) is 19.4 Å². The summed E-state index contributed by atoms with van der Waals surface area (Å²) in [6.45, 7) is 6.77. The molecule has 0 saturated heterocycles. The van der Waals surface area contributed by atoms with E-state index in [9.17, 15) is 0 Å². The van der Waals surface area contributed by atoms with Gasteiger partial charge in [0.1, 0.15) is 17.4 Å². The SMILES string of the molecule is CCN(CC)c1cc(NCc2ccc(OC)cc2)nc(-c2ccccc2)n1. The van der Waals surface area contributed by atoms with E-state index in [0.717, 1.165) is 41.9 Å². The lowest BCUT2D eigenvalue weighted by Crippen LogP contribution is -2.23. The van der Waals surface area contributed by atoms with Crippen LogP contribution in [0.3, 0.4) is 0 Å². The number of aromatic nitrogens is 2. The Morgan fingerprint density at radius 2 is 1.63 bits per heavy atom. The molecule has 0 radical (unpaired) electrons. The summed E-state index contributed by atoms with van der Waals surface area (Å²) in [5.74, 6) is 3.35. The third-order valence-electron chi connectivity index (χ3n) is 4.46. The monoisotopic (exact) mass is 362 g/mol. The van der Waals surface area contributed by atoms with E-state index in [1.165, 1.54) is 5.56 Å². The van der Waals surface area contributed by atoms with Gasteiger partial charge in [-0.1, -0.05) is 42.5 Å². The molecule has 27 heavy (non-hydrogen) atoms. The Bertz CT molecular complexity index is 846. The van der Waals surface area contributed by atoms with Gasteiger partial charge in [0, 0.05) is 31.3 Å². The van der Waals surface area contributed by atoms with Crippen molar-refractivity contribution in [3.8, 4) is 17.1 Å². The lowest BCUT2D eigenvalue weighted by Gasteiger charge is -2.21. The number of anilines is 2. The fourth-order valence-corrected chi connectivity index (χ4v) is 2.89. The number of ether oxygens (including phenoxy) is 1. The number of nitrogens with zero attached hydrogens (tertiary/aromatic N) is 3. The average Bonchev–Trinajstić information content (AvgIpc) is 2.74. The Kier molecular flexibility index (Phi) is 6.26. The van der Waals surface area contributed by atoms with Gasteiger partial charge in [-0.15, -0.1) is 0 Å². The molecule has 2 aromatic carbocycles. The molecular formula is C22H26N4O. The van der Waals surface area contributed by atoms with E-state index in [1.807, 2.05) is 48.5 Å². The molecule has 0 spiro atoms. The highest BCUT2D eigenvalue weighted by atomic mass is 16.5. The highest BCUT2D eigenvalue weighted by molar-refractivity contribution is 5.61. The molecule has 140 valence electrons. The van der Waals surface area contributed by atoms with Gasteiger partial charge >= 0.3 is 0 Å². The van der Waals surface area contributed by atoms with Gasteiger partial charge in [-0.3, -0.25) is 0 Å². The number of methoxy groups -OCH3 is 1. The van der Waals surface area contributed by atoms with Gasteiger partial charge in [-0.2, -0.15) is 0 Å². The predicted molar refractivity (Wildman–Crippen MR) is 111 cm³/mol. The quantitative estimate of drug-likeness (QED) is 0.634. The van der Waals surface area contributed by atoms with Crippen molar-refractivity contribution in [1.29, 1.82) is 0 Å². The van der Waals surface area contributed by atoms with Crippen LogP contribution in [-0.4, -0.2) is 30.2 Å². The molecule has 5 nitrogen and oxygen atoms in total. The molecule has 0 aliphatic rings. The fourth-order valence-electron chi connectivity index (χ4n) is 2.89. The van der Waals surface area contributed by atoms with Crippen LogP contribution in [0.2, 0.25) is 0 Å². The van der Waals surface area contributed by atoms with Crippen LogP contribution in [0.4, 0.5) is 11.6 Å². The van der Waals surface area contributed by atoms with Crippen molar-refractivity contribution >= 4 is 11.6 Å². The van der Waals surface area contributed by atoms with Crippen molar-refractivity contribution in [2.75, 3.05) is 30.4 Å². The van der Waals surface area contributed by atoms with E-state index in [0.29, 0.717) is 6.54 Å². The molecule has 0 unspecified atom stereocenters. The topological polar surface area (TPSA) is 50.3 Å². The molecule has 5 heteroatoms. The molecule has 3 aromatic rings. The third kappa shape index (κ3) is 4.76. The zero-order valence-corrected chi connectivity index (χ0v) is 16.1. The molecule has 1 heterocycles. The van der Waals surface area contributed by atoms with Crippen molar-refractivity contribution in [2.45, 2.75) is 20.4 Å². The molecule has 3 rings (SSSR count). The molecule has 0 saturated carbocycles. The predicted octanol–water partition coefficient (Wildman–Crippen LogP) is 4.61. The number of benzene rings is 2. The highest BCUT2D eigenvalue weighted by Crippen LogP contribution is 2.23. The number of hydrogen-bond donors (Lipinski definition) is 1. The largest absolute Gasteiger partial charge is 0.497 e. The molecule has 1 N–H and O–H groups in total. The Balaban J connectivity index is 1.87. The van der Waals surface area contributed by atoms with Gasteiger partial charge in [0.2, 0.25) is 0 Å². The van der Waals surface area contributed by atoms with Gasteiger partial charge in [0.25, 0.3) is 0 Å². The van der Waals surface area contributed by atoms with Gasteiger partial charge in [-0.25, -0.2) is 9.97 Å². The maximum Gasteiger partial charge on any atom is 0.163 e. The zero-order chi connectivity index (χ0) is 19.1. The zero-order valence-electron chi connectivity index (χ0n) is 16.1. The van der Waals surface area contributed by atoms with Crippen LogP contribution in [0.25, 0.3) is 11.4 Å². The minimum absolute atomic E-state index is 0.687. The van der Waals surface area contributed by atoms with E-state index in [-0.39, 0.29) is 0 Å². The van der Waals surface area contributed by atoms with Crippen molar-refractivity contribution in [2.24, 2.45) is 0 Å². The van der Waals surface area contributed by atoms with Crippen molar-refractivity contribution < 1.29 is 4.74 Å². The molecule has 0 aliphatic carbocycles. The van der Waals surface area contributed by atoms with E-state index in [2.05, 4.69) is 36.2 Å². The lowest BCUT2D eigenvalue weighted by atomic mass is 10.2.